The number of ether oxygens (including phenoxy) is 1. The van der Waals surface area contributed by atoms with Crippen LogP contribution in [-0.4, -0.2) is 22.9 Å². The van der Waals surface area contributed by atoms with Crippen LogP contribution in [0.2, 0.25) is 0 Å². The van der Waals surface area contributed by atoms with Crippen LogP contribution in [0.5, 0.6) is 5.75 Å². The van der Waals surface area contributed by atoms with E-state index in [1.54, 1.807) is 6.20 Å². The third kappa shape index (κ3) is 3.05. The fourth-order valence-corrected chi connectivity index (χ4v) is 2.99. The summed E-state index contributed by atoms with van der Waals surface area (Å²) in [6, 6.07) is 7.96. The Labute approximate surface area is 138 Å². The van der Waals surface area contributed by atoms with Gasteiger partial charge in [-0.2, -0.15) is 0 Å². The Hall–Kier alpha value is -2.96. The molecule has 124 valence electrons. The van der Waals surface area contributed by atoms with Gasteiger partial charge in [-0.3, -0.25) is 19.9 Å². The lowest BCUT2D eigenvalue weighted by Gasteiger charge is -2.23. The minimum Gasteiger partial charge on any atom is -0.495 e. The average molecular weight is 327 g/mol. The summed E-state index contributed by atoms with van der Waals surface area (Å²) in [5, 5.41) is 13.7. The number of hydrogen-bond donors (Lipinski definition) is 1. The van der Waals surface area contributed by atoms with Crippen LogP contribution in [0.25, 0.3) is 0 Å². The van der Waals surface area contributed by atoms with Gasteiger partial charge in [-0.15, -0.1) is 0 Å². The van der Waals surface area contributed by atoms with E-state index < -0.39 is 4.92 Å². The number of fused-ring (bicyclic) bond motifs is 1. The summed E-state index contributed by atoms with van der Waals surface area (Å²) in [5.74, 6) is -0.210. The molecule has 1 aliphatic carbocycles. The monoisotopic (exact) mass is 327 g/mol. The Bertz CT molecular complexity index is 791. The van der Waals surface area contributed by atoms with Crippen LogP contribution in [0.4, 0.5) is 11.4 Å². The van der Waals surface area contributed by atoms with E-state index in [2.05, 4.69) is 10.3 Å². The van der Waals surface area contributed by atoms with E-state index >= 15 is 0 Å². The van der Waals surface area contributed by atoms with Gasteiger partial charge in [0.2, 0.25) is 5.91 Å². The number of anilines is 1. The summed E-state index contributed by atoms with van der Waals surface area (Å²) in [7, 11) is 1.45. The van der Waals surface area contributed by atoms with Crippen molar-refractivity contribution in [2.75, 3.05) is 12.4 Å². The summed E-state index contributed by atoms with van der Waals surface area (Å²) in [5.41, 5.74) is 2.05. The lowest BCUT2D eigenvalue weighted by atomic mass is 9.86. The molecular weight excluding hydrogens is 310 g/mol. The van der Waals surface area contributed by atoms with E-state index in [0.29, 0.717) is 17.9 Å². The van der Waals surface area contributed by atoms with E-state index in [1.165, 1.54) is 25.3 Å². The standard InChI is InChI=1S/C17H17N3O4/c1-24-15-8-7-12(20(22)23)10-14(15)19-17(21)13-6-2-4-11-5-3-9-18-16(11)13/h3,5,7-10,13H,2,4,6H2,1H3,(H,19,21)/t13-/m0/s1. The molecule has 7 heteroatoms. The Morgan fingerprint density at radius 2 is 2.25 bits per heavy atom. The van der Waals surface area contributed by atoms with Crippen LogP contribution >= 0.6 is 0 Å². The number of rotatable bonds is 4. The lowest BCUT2D eigenvalue weighted by molar-refractivity contribution is -0.384. The van der Waals surface area contributed by atoms with Crippen molar-refractivity contribution in [3.05, 3.63) is 57.9 Å². The molecular formula is C17H17N3O4. The minimum atomic E-state index is -0.507. The first-order valence-electron chi connectivity index (χ1n) is 7.67. The number of pyridine rings is 1. The van der Waals surface area contributed by atoms with Crippen molar-refractivity contribution < 1.29 is 14.5 Å². The number of aryl methyl sites for hydroxylation is 1. The number of aromatic nitrogens is 1. The molecule has 0 bridgehead atoms. The summed E-state index contributed by atoms with van der Waals surface area (Å²) in [6.45, 7) is 0. The molecule has 1 N–H and O–H groups in total. The van der Waals surface area contributed by atoms with Crippen molar-refractivity contribution in [3.8, 4) is 5.75 Å². The van der Waals surface area contributed by atoms with E-state index in [4.69, 9.17) is 4.74 Å². The maximum atomic E-state index is 12.7. The first-order chi connectivity index (χ1) is 11.6. The highest BCUT2D eigenvalue weighted by molar-refractivity contribution is 5.97. The van der Waals surface area contributed by atoms with E-state index in [9.17, 15) is 14.9 Å². The maximum absolute atomic E-state index is 12.7. The molecule has 0 spiro atoms. The number of carbonyl (C=O) groups is 1. The highest BCUT2D eigenvalue weighted by atomic mass is 16.6. The van der Waals surface area contributed by atoms with Crippen LogP contribution in [0.1, 0.15) is 30.0 Å². The predicted octanol–water partition coefficient (Wildman–Crippen LogP) is 3.06. The predicted molar refractivity (Wildman–Crippen MR) is 88.2 cm³/mol. The molecule has 0 fully saturated rings. The molecule has 1 atom stereocenters. The number of non-ortho nitro benzene ring substituents is 1. The normalized spacial score (nSPS) is 16.1. The van der Waals surface area contributed by atoms with Gasteiger partial charge in [0.15, 0.2) is 0 Å². The van der Waals surface area contributed by atoms with Crippen LogP contribution in [0.3, 0.4) is 0 Å². The van der Waals surface area contributed by atoms with Gasteiger partial charge < -0.3 is 10.1 Å². The molecule has 24 heavy (non-hydrogen) atoms. The van der Waals surface area contributed by atoms with Crippen LogP contribution < -0.4 is 10.1 Å². The van der Waals surface area contributed by atoms with Gasteiger partial charge in [0.25, 0.3) is 5.69 Å². The minimum absolute atomic E-state index is 0.103. The largest absolute Gasteiger partial charge is 0.495 e. The molecule has 0 saturated heterocycles. The zero-order valence-electron chi connectivity index (χ0n) is 13.2. The molecule has 0 unspecified atom stereocenters. The van der Waals surface area contributed by atoms with Crippen molar-refractivity contribution in [1.29, 1.82) is 0 Å². The fourth-order valence-electron chi connectivity index (χ4n) is 2.99. The highest BCUT2D eigenvalue weighted by Crippen LogP contribution is 2.33. The Morgan fingerprint density at radius 1 is 1.42 bits per heavy atom. The van der Waals surface area contributed by atoms with Crippen LogP contribution in [0, 0.1) is 10.1 Å². The second kappa shape index (κ2) is 6.66. The third-order valence-corrected chi connectivity index (χ3v) is 4.16. The number of methoxy groups -OCH3 is 1. The van der Waals surface area contributed by atoms with E-state index in [-0.39, 0.29) is 17.5 Å². The van der Waals surface area contributed by atoms with Crippen molar-refractivity contribution >= 4 is 17.3 Å². The second-order valence-electron chi connectivity index (χ2n) is 5.62. The zero-order chi connectivity index (χ0) is 17.1. The first kappa shape index (κ1) is 15.9. The third-order valence-electron chi connectivity index (χ3n) is 4.16. The van der Waals surface area contributed by atoms with Gasteiger partial charge in [0.1, 0.15) is 5.75 Å². The fraction of sp³-hybridized carbons (Fsp3) is 0.294. The number of amides is 1. The highest BCUT2D eigenvalue weighted by Gasteiger charge is 2.28. The molecule has 3 rings (SSSR count). The maximum Gasteiger partial charge on any atom is 0.271 e. The molecule has 1 aliphatic rings. The molecule has 7 nitrogen and oxygen atoms in total. The van der Waals surface area contributed by atoms with E-state index in [1.807, 2.05) is 12.1 Å². The van der Waals surface area contributed by atoms with Crippen molar-refractivity contribution in [1.82, 2.24) is 4.98 Å². The molecule has 1 heterocycles. The Morgan fingerprint density at radius 3 is 3.00 bits per heavy atom. The van der Waals surface area contributed by atoms with Gasteiger partial charge in [-0.05, 0) is 37.0 Å². The molecule has 0 aliphatic heterocycles. The van der Waals surface area contributed by atoms with Gasteiger partial charge >= 0.3 is 0 Å². The number of carbonyl (C=O) groups excluding carboxylic acids is 1. The van der Waals surface area contributed by atoms with Crippen molar-refractivity contribution in [3.63, 3.8) is 0 Å². The quantitative estimate of drug-likeness (QED) is 0.688. The SMILES string of the molecule is COc1ccc([N+](=O)[O-])cc1NC(=O)[C@H]1CCCc2cccnc21. The molecule has 0 saturated carbocycles. The second-order valence-corrected chi connectivity index (χ2v) is 5.62. The van der Waals surface area contributed by atoms with Gasteiger partial charge in [-0.1, -0.05) is 6.07 Å². The molecule has 0 radical (unpaired) electrons. The number of hydrogen-bond acceptors (Lipinski definition) is 5. The number of nitro benzene ring substituents is 1. The van der Waals surface area contributed by atoms with Crippen molar-refractivity contribution in [2.24, 2.45) is 0 Å². The van der Waals surface area contributed by atoms with Gasteiger partial charge in [0.05, 0.1) is 29.3 Å². The van der Waals surface area contributed by atoms with Gasteiger partial charge in [-0.25, -0.2) is 0 Å². The average Bonchev–Trinajstić information content (AvgIpc) is 2.61. The zero-order valence-corrected chi connectivity index (χ0v) is 13.2. The summed E-state index contributed by atoms with van der Waals surface area (Å²) in [6.07, 6.45) is 4.20. The first-order valence-corrected chi connectivity index (χ1v) is 7.67. The Balaban J connectivity index is 1.88. The topological polar surface area (TPSA) is 94.4 Å². The lowest BCUT2D eigenvalue weighted by Crippen LogP contribution is -2.25. The van der Waals surface area contributed by atoms with Gasteiger partial charge in [0, 0.05) is 18.3 Å². The van der Waals surface area contributed by atoms with E-state index in [0.717, 1.165) is 24.1 Å². The number of benzene rings is 1. The smallest absolute Gasteiger partial charge is 0.271 e. The molecule has 2 aromatic rings. The van der Waals surface area contributed by atoms with Crippen LogP contribution in [0.15, 0.2) is 36.5 Å². The number of nitrogens with one attached hydrogen (secondary N) is 1. The molecule has 1 aromatic heterocycles. The summed E-state index contributed by atoms with van der Waals surface area (Å²) < 4.78 is 5.18. The molecule has 1 amide bonds. The van der Waals surface area contributed by atoms with Crippen molar-refractivity contribution in [2.45, 2.75) is 25.2 Å². The number of nitrogens with zero attached hydrogens (tertiary/aromatic N) is 2. The number of nitro groups is 1. The van der Waals surface area contributed by atoms with Crippen LogP contribution in [-0.2, 0) is 11.2 Å². The summed E-state index contributed by atoms with van der Waals surface area (Å²) >= 11 is 0. The summed E-state index contributed by atoms with van der Waals surface area (Å²) in [4.78, 5) is 27.5. The molecule has 1 aromatic carbocycles. The Kier molecular flexibility index (Phi) is 4.41.